The summed E-state index contributed by atoms with van der Waals surface area (Å²) in [4.78, 5) is 26.0. The molecule has 0 aliphatic carbocycles. The van der Waals surface area contributed by atoms with Gasteiger partial charge in [0, 0.05) is 13.6 Å². The Balaban J connectivity index is 2.02. The molecule has 0 atom stereocenters. The first-order valence-corrected chi connectivity index (χ1v) is 9.09. The van der Waals surface area contributed by atoms with Gasteiger partial charge < -0.3 is 19.9 Å². The van der Waals surface area contributed by atoms with Crippen LogP contribution in [-0.4, -0.2) is 52.5 Å². The molecule has 0 fully saturated rings. The predicted octanol–water partition coefficient (Wildman–Crippen LogP) is 2.82. The highest BCUT2D eigenvalue weighted by molar-refractivity contribution is 5.83. The molecule has 0 radical (unpaired) electrons. The van der Waals surface area contributed by atoms with Crippen molar-refractivity contribution in [2.24, 2.45) is 4.99 Å². The van der Waals surface area contributed by atoms with Crippen molar-refractivity contribution in [3.8, 4) is 11.3 Å². The number of aliphatic imine (C=N–C) groups is 1. The van der Waals surface area contributed by atoms with Crippen LogP contribution in [0, 0.1) is 0 Å². The number of imidazole rings is 1. The summed E-state index contributed by atoms with van der Waals surface area (Å²) in [6.45, 7) is 8.71. The van der Waals surface area contributed by atoms with Gasteiger partial charge in [-0.1, -0.05) is 30.3 Å². The van der Waals surface area contributed by atoms with E-state index in [4.69, 9.17) is 4.74 Å². The van der Waals surface area contributed by atoms with Crippen LogP contribution in [0.2, 0.25) is 0 Å². The molecule has 0 saturated heterocycles. The van der Waals surface area contributed by atoms with Crippen LogP contribution in [0.1, 0.15) is 33.5 Å². The van der Waals surface area contributed by atoms with Gasteiger partial charge in [-0.25, -0.2) is 9.98 Å². The molecule has 2 aromatic rings. The smallest absolute Gasteiger partial charge is 0.328 e. The average molecular weight is 371 g/mol. The molecule has 146 valence electrons. The summed E-state index contributed by atoms with van der Waals surface area (Å²) in [6.07, 6.45) is 1.82. The number of rotatable bonds is 6. The van der Waals surface area contributed by atoms with Crippen molar-refractivity contribution in [3.63, 3.8) is 0 Å². The monoisotopic (exact) mass is 371 g/mol. The van der Waals surface area contributed by atoms with Crippen molar-refractivity contribution in [2.45, 2.75) is 39.8 Å². The summed E-state index contributed by atoms with van der Waals surface area (Å²) in [7, 11) is 1.90. The van der Waals surface area contributed by atoms with Crippen molar-refractivity contribution in [3.05, 3.63) is 42.4 Å². The van der Waals surface area contributed by atoms with Gasteiger partial charge in [-0.15, -0.1) is 0 Å². The lowest BCUT2D eigenvalue weighted by Gasteiger charge is -2.22. The number of aromatic nitrogens is 2. The van der Waals surface area contributed by atoms with Gasteiger partial charge in [-0.2, -0.15) is 0 Å². The molecule has 2 rings (SSSR count). The molecule has 1 aromatic heterocycles. The van der Waals surface area contributed by atoms with E-state index in [-0.39, 0.29) is 12.5 Å². The average Bonchev–Trinajstić information content (AvgIpc) is 3.06. The van der Waals surface area contributed by atoms with E-state index in [1.807, 2.05) is 76.2 Å². The minimum Gasteiger partial charge on any atom is -0.459 e. The Bertz CT molecular complexity index is 762. The zero-order chi connectivity index (χ0) is 19.9. The third kappa shape index (κ3) is 6.77. The molecule has 0 aliphatic rings. The summed E-state index contributed by atoms with van der Waals surface area (Å²) < 4.78 is 5.31. The number of carbonyl (C=O) groups is 1. The van der Waals surface area contributed by atoms with Crippen LogP contribution in [0.15, 0.2) is 41.5 Å². The van der Waals surface area contributed by atoms with Gasteiger partial charge in [0.15, 0.2) is 5.96 Å². The molecule has 27 heavy (non-hydrogen) atoms. The highest BCUT2D eigenvalue weighted by Gasteiger charge is 2.16. The normalized spacial score (nSPS) is 12.0. The number of ether oxygens (including phenoxy) is 1. The topological polar surface area (TPSA) is 82.6 Å². The van der Waals surface area contributed by atoms with E-state index in [0.29, 0.717) is 19.0 Å². The standard InChI is InChI=1S/C20H29N5O2/c1-6-21-19(23-13-18(26)27-20(2,3)4)25(5)14-17-22-12-16(24-17)15-10-8-7-9-11-15/h7-12H,6,13-14H2,1-5H3,(H,21,23)(H,22,24). The fraction of sp³-hybridized carbons (Fsp3) is 0.450. The molecule has 2 N–H and O–H groups in total. The van der Waals surface area contributed by atoms with Crippen LogP contribution in [0.25, 0.3) is 11.3 Å². The third-order valence-corrected chi connectivity index (χ3v) is 3.57. The number of nitrogens with zero attached hydrogens (tertiary/aromatic N) is 3. The van der Waals surface area contributed by atoms with Gasteiger partial charge in [-0.05, 0) is 33.3 Å². The molecule has 1 aromatic carbocycles. The van der Waals surface area contributed by atoms with Crippen LogP contribution in [-0.2, 0) is 16.1 Å². The highest BCUT2D eigenvalue weighted by atomic mass is 16.6. The molecule has 0 spiro atoms. The van der Waals surface area contributed by atoms with E-state index in [9.17, 15) is 4.79 Å². The van der Waals surface area contributed by atoms with Gasteiger partial charge in [0.1, 0.15) is 18.0 Å². The van der Waals surface area contributed by atoms with E-state index in [1.165, 1.54) is 0 Å². The maximum absolute atomic E-state index is 11.9. The number of benzene rings is 1. The second kappa shape index (κ2) is 9.21. The Morgan fingerprint density at radius 1 is 1.30 bits per heavy atom. The van der Waals surface area contributed by atoms with Gasteiger partial charge in [0.2, 0.25) is 0 Å². The summed E-state index contributed by atoms with van der Waals surface area (Å²) in [6, 6.07) is 10.0. The largest absolute Gasteiger partial charge is 0.459 e. The van der Waals surface area contributed by atoms with E-state index in [1.54, 1.807) is 0 Å². The fourth-order valence-electron chi connectivity index (χ4n) is 2.49. The number of esters is 1. The Labute approximate surface area is 160 Å². The van der Waals surface area contributed by atoms with Crippen LogP contribution in [0.4, 0.5) is 0 Å². The number of H-pyrrole nitrogens is 1. The van der Waals surface area contributed by atoms with Crippen LogP contribution >= 0.6 is 0 Å². The third-order valence-electron chi connectivity index (χ3n) is 3.57. The molecule has 0 saturated carbocycles. The maximum atomic E-state index is 11.9. The molecular formula is C20H29N5O2. The zero-order valence-electron chi connectivity index (χ0n) is 16.7. The first kappa shape index (κ1) is 20.5. The minimum absolute atomic E-state index is 0.0304. The Morgan fingerprint density at radius 2 is 2.00 bits per heavy atom. The predicted molar refractivity (Wildman–Crippen MR) is 107 cm³/mol. The number of carbonyl (C=O) groups excluding carboxylic acids is 1. The molecule has 0 bridgehead atoms. The minimum atomic E-state index is -0.515. The van der Waals surface area contributed by atoms with Crippen molar-refractivity contribution < 1.29 is 9.53 Å². The SMILES string of the molecule is CCNC(=NCC(=O)OC(C)(C)C)N(C)Cc1ncc(-c2ccccc2)[nH]1. The maximum Gasteiger partial charge on any atom is 0.328 e. The van der Waals surface area contributed by atoms with E-state index in [0.717, 1.165) is 17.1 Å². The lowest BCUT2D eigenvalue weighted by Crippen LogP contribution is -2.39. The molecule has 1 heterocycles. The summed E-state index contributed by atoms with van der Waals surface area (Å²) in [5.74, 6) is 1.09. The Kier molecular flexibility index (Phi) is 6.98. The quantitative estimate of drug-likeness (QED) is 0.463. The first-order valence-electron chi connectivity index (χ1n) is 9.09. The van der Waals surface area contributed by atoms with Gasteiger partial charge in [-0.3, -0.25) is 4.79 Å². The molecule has 7 nitrogen and oxygen atoms in total. The lowest BCUT2D eigenvalue weighted by molar-refractivity contribution is -0.152. The van der Waals surface area contributed by atoms with Gasteiger partial charge in [0.05, 0.1) is 18.4 Å². The number of aromatic amines is 1. The molecule has 0 aliphatic heterocycles. The molecule has 0 unspecified atom stereocenters. The van der Waals surface area contributed by atoms with Gasteiger partial charge >= 0.3 is 5.97 Å². The van der Waals surface area contributed by atoms with E-state index in [2.05, 4.69) is 20.3 Å². The second-order valence-electron chi connectivity index (χ2n) is 7.22. The molecule has 0 amide bonds. The van der Waals surface area contributed by atoms with Crippen molar-refractivity contribution in [1.29, 1.82) is 0 Å². The number of hydrogen-bond acceptors (Lipinski definition) is 4. The highest BCUT2D eigenvalue weighted by Crippen LogP contribution is 2.16. The van der Waals surface area contributed by atoms with Crippen LogP contribution < -0.4 is 5.32 Å². The first-order chi connectivity index (χ1) is 12.8. The summed E-state index contributed by atoms with van der Waals surface area (Å²) in [5.41, 5.74) is 1.54. The van der Waals surface area contributed by atoms with Crippen molar-refractivity contribution in [2.75, 3.05) is 20.1 Å². The van der Waals surface area contributed by atoms with Crippen LogP contribution in [0.5, 0.6) is 0 Å². The van der Waals surface area contributed by atoms with Crippen molar-refractivity contribution >= 4 is 11.9 Å². The fourth-order valence-corrected chi connectivity index (χ4v) is 2.49. The summed E-state index contributed by atoms with van der Waals surface area (Å²) >= 11 is 0. The Hall–Kier alpha value is -2.83. The van der Waals surface area contributed by atoms with E-state index >= 15 is 0 Å². The van der Waals surface area contributed by atoms with Gasteiger partial charge in [0.25, 0.3) is 0 Å². The molecule has 7 heteroatoms. The lowest BCUT2D eigenvalue weighted by atomic mass is 10.2. The number of guanidine groups is 1. The van der Waals surface area contributed by atoms with Crippen molar-refractivity contribution in [1.82, 2.24) is 20.2 Å². The zero-order valence-corrected chi connectivity index (χ0v) is 16.7. The Morgan fingerprint density at radius 3 is 2.63 bits per heavy atom. The van der Waals surface area contributed by atoms with E-state index < -0.39 is 5.60 Å². The summed E-state index contributed by atoms with van der Waals surface area (Å²) in [5, 5.41) is 3.19. The van der Waals surface area contributed by atoms with Crippen LogP contribution in [0.3, 0.4) is 0 Å². The number of nitrogens with one attached hydrogen (secondary N) is 2. The second-order valence-corrected chi connectivity index (χ2v) is 7.22. The molecular weight excluding hydrogens is 342 g/mol. The number of hydrogen-bond donors (Lipinski definition) is 2.